The van der Waals surface area contributed by atoms with E-state index in [4.69, 9.17) is 24.3 Å². The van der Waals surface area contributed by atoms with Crippen LogP contribution >= 0.6 is 0 Å². The third-order valence-electron chi connectivity index (χ3n) is 4.99. The molecule has 6 heteroatoms. The first-order valence-corrected chi connectivity index (χ1v) is 9.38. The predicted octanol–water partition coefficient (Wildman–Crippen LogP) is 3.17. The maximum atomic E-state index is 8.94. The number of aliphatic hydroxyl groups is 1. The normalized spacial score (nSPS) is 19.1. The lowest BCUT2D eigenvalue weighted by atomic mass is 10.0. The van der Waals surface area contributed by atoms with Crippen molar-refractivity contribution in [3.63, 3.8) is 0 Å². The first-order chi connectivity index (χ1) is 13.8. The molecule has 0 bridgehead atoms. The molecule has 1 saturated heterocycles. The van der Waals surface area contributed by atoms with E-state index in [-0.39, 0.29) is 25.4 Å². The number of benzene rings is 2. The monoisotopic (exact) mass is 380 g/mol. The lowest BCUT2D eigenvalue weighted by molar-refractivity contribution is 0.0688. The molecule has 2 atom stereocenters. The molecule has 2 aromatic carbocycles. The first-order valence-electron chi connectivity index (χ1n) is 9.38. The summed E-state index contributed by atoms with van der Waals surface area (Å²) in [7, 11) is 1.72. The number of imidazole rings is 1. The SMILES string of the molecule is CO[C@@H]1COC[C@H]1n1cnc(-c2ccccc2)c1-c1ccc(OCCO)cc1. The van der Waals surface area contributed by atoms with Crippen LogP contribution in [-0.4, -0.2) is 54.3 Å². The summed E-state index contributed by atoms with van der Waals surface area (Å²) in [6.45, 7) is 1.44. The fourth-order valence-electron chi connectivity index (χ4n) is 3.59. The first kappa shape index (κ1) is 18.7. The number of aromatic nitrogens is 2. The number of methoxy groups -OCH3 is 1. The van der Waals surface area contributed by atoms with Gasteiger partial charge in [0.1, 0.15) is 18.5 Å². The second kappa shape index (κ2) is 8.56. The topological polar surface area (TPSA) is 65.7 Å². The molecule has 2 heterocycles. The lowest BCUT2D eigenvalue weighted by Crippen LogP contribution is -2.24. The van der Waals surface area contributed by atoms with E-state index < -0.39 is 0 Å². The van der Waals surface area contributed by atoms with Gasteiger partial charge < -0.3 is 23.9 Å². The number of nitrogens with zero attached hydrogens (tertiary/aromatic N) is 2. The Morgan fingerprint density at radius 2 is 1.86 bits per heavy atom. The van der Waals surface area contributed by atoms with Gasteiger partial charge in [-0.3, -0.25) is 0 Å². The highest BCUT2D eigenvalue weighted by Gasteiger charge is 2.32. The van der Waals surface area contributed by atoms with Gasteiger partial charge in [-0.25, -0.2) is 4.98 Å². The van der Waals surface area contributed by atoms with Crippen molar-refractivity contribution in [3.8, 4) is 28.3 Å². The van der Waals surface area contributed by atoms with Gasteiger partial charge in [0.25, 0.3) is 0 Å². The van der Waals surface area contributed by atoms with Crippen molar-refractivity contribution >= 4 is 0 Å². The van der Waals surface area contributed by atoms with Crippen LogP contribution in [0.25, 0.3) is 22.5 Å². The molecule has 146 valence electrons. The summed E-state index contributed by atoms with van der Waals surface area (Å²) in [6, 6.07) is 18.1. The van der Waals surface area contributed by atoms with Crippen LogP contribution in [0.4, 0.5) is 0 Å². The maximum absolute atomic E-state index is 8.94. The summed E-state index contributed by atoms with van der Waals surface area (Å²) in [5.41, 5.74) is 4.04. The van der Waals surface area contributed by atoms with Crippen molar-refractivity contribution in [2.24, 2.45) is 0 Å². The number of ether oxygens (including phenoxy) is 3. The average Bonchev–Trinajstić information content (AvgIpc) is 3.39. The van der Waals surface area contributed by atoms with E-state index in [1.807, 2.05) is 48.8 Å². The Morgan fingerprint density at radius 3 is 2.57 bits per heavy atom. The fourth-order valence-corrected chi connectivity index (χ4v) is 3.59. The number of rotatable bonds is 7. The maximum Gasteiger partial charge on any atom is 0.119 e. The molecule has 6 nitrogen and oxygen atoms in total. The van der Waals surface area contributed by atoms with E-state index in [0.717, 1.165) is 28.3 Å². The number of hydrogen-bond acceptors (Lipinski definition) is 5. The molecule has 1 N–H and O–H groups in total. The zero-order valence-electron chi connectivity index (χ0n) is 15.8. The standard InChI is InChI=1S/C22H24N2O4/c1-26-20-14-27-13-19(20)24-15-23-21(16-5-3-2-4-6-16)22(24)17-7-9-18(10-8-17)28-12-11-25/h2-10,15,19-20,25H,11-14H2,1H3/t19-,20-/m1/s1. The van der Waals surface area contributed by atoms with Gasteiger partial charge in [-0.1, -0.05) is 30.3 Å². The number of hydrogen-bond donors (Lipinski definition) is 1. The molecular formula is C22H24N2O4. The molecule has 0 unspecified atom stereocenters. The third kappa shape index (κ3) is 3.67. The Bertz CT molecular complexity index is 893. The highest BCUT2D eigenvalue weighted by Crippen LogP contribution is 2.36. The van der Waals surface area contributed by atoms with Crippen LogP contribution in [0, 0.1) is 0 Å². The average molecular weight is 380 g/mol. The van der Waals surface area contributed by atoms with Crippen LogP contribution in [0.15, 0.2) is 60.9 Å². The Balaban J connectivity index is 1.77. The van der Waals surface area contributed by atoms with Crippen LogP contribution in [0.5, 0.6) is 5.75 Å². The van der Waals surface area contributed by atoms with Crippen molar-refractivity contribution in [1.82, 2.24) is 9.55 Å². The summed E-state index contributed by atoms with van der Waals surface area (Å²) in [4.78, 5) is 4.74. The molecule has 0 aliphatic carbocycles. The van der Waals surface area contributed by atoms with E-state index in [9.17, 15) is 0 Å². The molecule has 0 saturated carbocycles. The highest BCUT2D eigenvalue weighted by molar-refractivity contribution is 5.79. The van der Waals surface area contributed by atoms with Gasteiger partial charge in [0, 0.05) is 18.2 Å². The summed E-state index contributed by atoms with van der Waals surface area (Å²) >= 11 is 0. The van der Waals surface area contributed by atoms with E-state index in [2.05, 4.69) is 16.7 Å². The molecular weight excluding hydrogens is 356 g/mol. The molecule has 1 aliphatic rings. The third-order valence-corrected chi connectivity index (χ3v) is 4.99. The fraction of sp³-hybridized carbons (Fsp3) is 0.318. The minimum atomic E-state index is -0.0104. The summed E-state index contributed by atoms with van der Waals surface area (Å²) in [5, 5.41) is 8.94. The quantitative estimate of drug-likeness (QED) is 0.682. The number of aliphatic hydroxyl groups excluding tert-OH is 1. The molecule has 0 radical (unpaired) electrons. The predicted molar refractivity (Wildman–Crippen MR) is 106 cm³/mol. The molecule has 4 rings (SSSR count). The molecule has 0 spiro atoms. The second-order valence-corrected chi connectivity index (χ2v) is 6.69. The van der Waals surface area contributed by atoms with Gasteiger partial charge in [-0.2, -0.15) is 0 Å². The molecule has 3 aromatic rings. The minimum absolute atomic E-state index is 0.00718. The van der Waals surface area contributed by atoms with Gasteiger partial charge in [0.2, 0.25) is 0 Å². The summed E-state index contributed by atoms with van der Waals surface area (Å²) < 4.78 is 19.0. The zero-order chi connectivity index (χ0) is 19.3. The van der Waals surface area contributed by atoms with Crippen molar-refractivity contribution in [2.75, 3.05) is 33.5 Å². The van der Waals surface area contributed by atoms with Crippen LogP contribution in [0.2, 0.25) is 0 Å². The van der Waals surface area contributed by atoms with E-state index in [0.29, 0.717) is 13.2 Å². The Hall–Kier alpha value is -2.67. The van der Waals surface area contributed by atoms with Gasteiger partial charge in [-0.05, 0) is 24.3 Å². The van der Waals surface area contributed by atoms with E-state index >= 15 is 0 Å². The van der Waals surface area contributed by atoms with Gasteiger partial charge in [0.15, 0.2) is 0 Å². The smallest absolute Gasteiger partial charge is 0.119 e. The Kier molecular flexibility index (Phi) is 5.71. The van der Waals surface area contributed by atoms with Crippen LogP contribution in [0.1, 0.15) is 6.04 Å². The molecule has 1 aliphatic heterocycles. The van der Waals surface area contributed by atoms with Crippen molar-refractivity contribution in [2.45, 2.75) is 12.1 Å². The Morgan fingerprint density at radius 1 is 1.07 bits per heavy atom. The molecule has 0 amide bonds. The van der Waals surface area contributed by atoms with Crippen LogP contribution in [-0.2, 0) is 9.47 Å². The summed E-state index contributed by atoms with van der Waals surface area (Å²) in [5.74, 6) is 0.726. The van der Waals surface area contributed by atoms with Gasteiger partial charge in [0.05, 0.1) is 43.6 Å². The second-order valence-electron chi connectivity index (χ2n) is 6.69. The van der Waals surface area contributed by atoms with Crippen molar-refractivity contribution in [3.05, 3.63) is 60.9 Å². The van der Waals surface area contributed by atoms with Crippen LogP contribution < -0.4 is 4.74 Å². The van der Waals surface area contributed by atoms with Crippen LogP contribution in [0.3, 0.4) is 0 Å². The van der Waals surface area contributed by atoms with Gasteiger partial charge >= 0.3 is 0 Å². The zero-order valence-corrected chi connectivity index (χ0v) is 15.8. The highest BCUT2D eigenvalue weighted by atomic mass is 16.5. The Labute approximate surface area is 164 Å². The van der Waals surface area contributed by atoms with Crippen molar-refractivity contribution in [1.29, 1.82) is 0 Å². The largest absolute Gasteiger partial charge is 0.491 e. The minimum Gasteiger partial charge on any atom is -0.491 e. The lowest BCUT2D eigenvalue weighted by Gasteiger charge is -2.21. The molecule has 28 heavy (non-hydrogen) atoms. The van der Waals surface area contributed by atoms with Crippen molar-refractivity contribution < 1.29 is 19.3 Å². The summed E-state index contributed by atoms with van der Waals surface area (Å²) in [6.07, 6.45) is 1.86. The van der Waals surface area contributed by atoms with E-state index in [1.54, 1.807) is 7.11 Å². The van der Waals surface area contributed by atoms with Gasteiger partial charge in [-0.15, -0.1) is 0 Å². The van der Waals surface area contributed by atoms with E-state index in [1.165, 1.54) is 0 Å². The molecule has 1 fully saturated rings. The molecule has 1 aromatic heterocycles.